The minimum atomic E-state index is 0.797. The van der Waals surface area contributed by atoms with E-state index >= 15 is 0 Å². The van der Waals surface area contributed by atoms with Crippen molar-refractivity contribution in [3.05, 3.63) is 72.2 Å². The smallest absolute Gasteiger partial charge is 0.0924 e. The Bertz CT molecular complexity index is 654. The van der Waals surface area contributed by atoms with Gasteiger partial charge in [0.2, 0.25) is 0 Å². The van der Waals surface area contributed by atoms with E-state index in [1.54, 1.807) is 12.4 Å². The Morgan fingerprint density at radius 1 is 0.947 bits per heavy atom. The molecule has 19 heavy (non-hydrogen) atoms. The van der Waals surface area contributed by atoms with Crippen LogP contribution >= 0.6 is 0 Å². The quantitative estimate of drug-likeness (QED) is 0.713. The maximum atomic E-state index is 4.59. The normalized spacial score (nSPS) is 10.6. The molecular formula is C16H15N3. The van der Waals surface area contributed by atoms with E-state index in [2.05, 4.69) is 41.3 Å². The number of aryl methyl sites for hydroxylation is 1. The van der Waals surface area contributed by atoms with Gasteiger partial charge in [-0.1, -0.05) is 29.8 Å². The molecule has 3 heteroatoms. The molecule has 0 aliphatic rings. The summed E-state index contributed by atoms with van der Waals surface area (Å²) in [7, 11) is 0. The number of rotatable bonds is 3. The van der Waals surface area contributed by atoms with Crippen molar-refractivity contribution >= 4 is 0 Å². The summed E-state index contributed by atoms with van der Waals surface area (Å²) in [6.07, 6.45) is 5.58. The first-order valence-electron chi connectivity index (χ1n) is 6.31. The molecule has 0 fully saturated rings. The first-order chi connectivity index (χ1) is 9.31. The fourth-order valence-electron chi connectivity index (χ4n) is 2.01. The van der Waals surface area contributed by atoms with Crippen LogP contribution in [0.3, 0.4) is 0 Å². The minimum Gasteiger partial charge on any atom is -0.268 e. The van der Waals surface area contributed by atoms with E-state index in [9.17, 15) is 0 Å². The summed E-state index contributed by atoms with van der Waals surface area (Å²) in [5.41, 5.74) is 4.61. The topological polar surface area (TPSA) is 30.7 Å². The van der Waals surface area contributed by atoms with Gasteiger partial charge in [-0.25, -0.2) is 0 Å². The fraction of sp³-hybridized carbons (Fsp3) is 0.125. The highest BCUT2D eigenvalue weighted by molar-refractivity contribution is 5.57. The molecule has 0 unspecified atom stereocenters. The van der Waals surface area contributed by atoms with Gasteiger partial charge in [-0.15, -0.1) is 0 Å². The lowest BCUT2D eigenvalue weighted by molar-refractivity contribution is 0.689. The van der Waals surface area contributed by atoms with Gasteiger partial charge in [-0.3, -0.25) is 9.67 Å². The highest BCUT2D eigenvalue weighted by Gasteiger charge is 2.02. The molecule has 0 amide bonds. The Kier molecular flexibility index (Phi) is 3.11. The molecule has 2 aromatic heterocycles. The molecule has 0 aliphatic heterocycles. The zero-order valence-electron chi connectivity index (χ0n) is 10.8. The highest BCUT2D eigenvalue weighted by atomic mass is 15.3. The van der Waals surface area contributed by atoms with Gasteiger partial charge in [0.05, 0.1) is 12.2 Å². The summed E-state index contributed by atoms with van der Waals surface area (Å²) in [6, 6.07) is 14.5. The number of hydrogen-bond acceptors (Lipinski definition) is 2. The van der Waals surface area contributed by atoms with E-state index in [4.69, 9.17) is 0 Å². The average molecular weight is 249 g/mol. The molecule has 3 aromatic rings. The van der Waals surface area contributed by atoms with Crippen LogP contribution in [0.25, 0.3) is 11.3 Å². The molecular weight excluding hydrogens is 234 g/mol. The van der Waals surface area contributed by atoms with Crippen LogP contribution in [-0.4, -0.2) is 14.8 Å². The summed E-state index contributed by atoms with van der Waals surface area (Å²) < 4.78 is 1.96. The first kappa shape index (κ1) is 11.7. The van der Waals surface area contributed by atoms with Crippen molar-refractivity contribution in [2.75, 3.05) is 0 Å². The third-order valence-corrected chi connectivity index (χ3v) is 3.08. The van der Waals surface area contributed by atoms with Crippen LogP contribution in [0.1, 0.15) is 11.1 Å². The van der Waals surface area contributed by atoms with Crippen molar-refractivity contribution in [2.24, 2.45) is 0 Å². The van der Waals surface area contributed by atoms with Crippen LogP contribution in [0.2, 0.25) is 0 Å². The predicted octanol–water partition coefficient (Wildman–Crippen LogP) is 3.30. The van der Waals surface area contributed by atoms with Gasteiger partial charge in [0.15, 0.2) is 0 Å². The van der Waals surface area contributed by atoms with Crippen molar-refractivity contribution in [1.82, 2.24) is 14.8 Å². The van der Waals surface area contributed by atoms with Crippen LogP contribution in [-0.2, 0) is 6.54 Å². The summed E-state index contributed by atoms with van der Waals surface area (Å²) in [4.78, 5) is 4.02. The van der Waals surface area contributed by atoms with Crippen LogP contribution in [0.5, 0.6) is 0 Å². The van der Waals surface area contributed by atoms with Gasteiger partial charge in [-0.05, 0) is 30.7 Å². The number of benzene rings is 1. The summed E-state index contributed by atoms with van der Waals surface area (Å²) in [5, 5.41) is 4.59. The average Bonchev–Trinajstić information content (AvgIpc) is 2.91. The zero-order valence-corrected chi connectivity index (χ0v) is 10.8. The number of aromatic nitrogens is 3. The second-order valence-corrected chi connectivity index (χ2v) is 4.62. The molecule has 0 N–H and O–H groups in total. The number of hydrogen-bond donors (Lipinski definition) is 0. The molecule has 2 heterocycles. The monoisotopic (exact) mass is 249 g/mol. The second-order valence-electron chi connectivity index (χ2n) is 4.62. The third kappa shape index (κ3) is 2.71. The fourth-order valence-corrected chi connectivity index (χ4v) is 2.01. The SMILES string of the molecule is Cc1ccc(Cn2ccc(-c3ccncc3)n2)cc1. The molecule has 1 aromatic carbocycles. The van der Waals surface area contributed by atoms with Gasteiger partial charge < -0.3 is 0 Å². The molecule has 0 saturated heterocycles. The lowest BCUT2D eigenvalue weighted by atomic mass is 10.1. The van der Waals surface area contributed by atoms with Crippen LogP contribution in [0.15, 0.2) is 61.1 Å². The van der Waals surface area contributed by atoms with E-state index in [1.807, 2.05) is 29.1 Å². The first-order valence-corrected chi connectivity index (χ1v) is 6.31. The summed E-state index contributed by atoms with van der Waals surface area (Å²) in [5.74, 6) is 0. The molecule has 0 saturated carbocycles. The van der Waals surface area contributed by atoms with E-state index in [1.165, 1.54) is 11.1 Å². The molecule has 0 bridgehead atoms. The van der Waals surface area contributed by atoms with E-state index in [-0.39, 0.29) is 0 Å². The van der Waals surface area contributed by atoms with Crippen molar-refractivity contribution in [3.8, 4) is 11.3 Å². The maximum absolute atomic E-state index is 4.59. The van der Waals surface area contributed by atoms with Gasteiger partial charge in [0, 0.05) is 24.2 Å². The Labute approximate surface area is 112 Å². The van der Waals surface area contributed by atoms with Crippen molar-refractivity contribution in [1.29, 1.82) is 0 Å². The van der Waals surface area contributed by atoms with Crippen LogP contribution in [0.4, 0.5) is 0 Å². The summed E-state index contributed by atoms with van der Waals surface area (Å²) >= 11 is 0. The van der Waals surface area contributed by atoms with Gasteiger partial charge in [-0.2, -0.15) is 5.10 Å². The summed E-state index contributed by atoms with van der Waals surface area (Å²) in [6.45, 7) is 2.89. The minimum absolute atomic E-state index is 0.797. The van der Waals surface area contributed by atoms with Crippen molar-refractivity contribution in [3.63, 3.8) is 0 Å². The lowest BCUT2D eigenvalue weighted by Gasteiger charge is -2.02. The molecule has 0 radical (unpaired) electrons. The van der Waals surface area contributed by atoms with E-state index in [0.717, 1.165) is 17.8 Å². The number of nitrogens with zero attached hydrogens (tertiary/aromatic N) is 3. The van der Waals surface area contributed by atoms with Crippen LogP contribution in [0, 0.1) is 6.92 Å². The van der Waals surface area contributed by atoms with Gasteiger partial charge in [0.1, 0.15) is 0 Å². The Hall–Kier alpha value is -2.42. The Morgan fingerprint density at radius 2 is 1.68 bits per heavy atom. The van der Waals surface area contributed by atoms with Crippen molar-refractivity contribution in [2.45, 2.75) is 13.5 Å². The second kappa shape index (κ2) is 5.06. The zero-order chi connectivity index (χ0) is 13.1. The molecule has 3 rings (SSSR count). The van der Waals surface area contributed by atoms with E-state index < -0.39 is 0 Å². The molecule has 0 atom stereocenters. The number of pyridine rings is 1. The molecule has 0 spiro atoms. The Balaban J connectivity index is 1.80. The largest absolute Gasteiger partial charge is 0.268 e. The highest BCUT2D eigenvalue weighted by Crippen LogP contribution is 2.15. The van der Waals surface area contributed by atoms with Crippen LogP contribution < -0.4 is 0 Å². The molecule has 3 nitrogen and oxygen atoms in total. The maximum Gasteiger partial charge on any atom is 0.0924 e. The third-order valence-electron chi connectivity index (χ3n) is 3.08. The van der Waals surface area contributed by atoms with E-state index in [0.29, 0.717) is 0 Å². The molecule has 0 aliphatic carbocycles. The standard InChI is InChI=1S/C16H15N3/c1-13-2-4-14(5-3-13)12-19-11-8-16(18-19)15-6-9-17-10-7-15/h2-11H,12H2,1H3. The predicted molar refractivity (Wildman–Crippen MR) is 75.7 cm³/mol. The lowest BCUT2D eigenvalue weighted by Crippen LogP contribution is -2.00. The molecule has 94 valence electrons. The van der Waals surface area contributed by atoms with Crippen molar-refractivity contribution < 1.29 is 0 Å². The Morgan fingerprint density at radius 3 is 2.42 bits per heavy atom. The van der Waals surface area contributed by atoms with Gasteiger partial charge >= 0.3 is 0 Å². The van der Waals surface area contributed by atoms with Gasteiger partial charge in [0.25, 0.3) is 0 Å².